The number of hydrogen-bond donors (Lipinski definition) is 1. The summed E-state index contributed by atoms with van der Waals surface area (Å²) >= 11 is 10.9. The van der Waals surface area contributed by atoms with Crippen LogP contribution in [0.5, 0.6) is 0 Å². The Hall–Kier alpha value is -1.54. The Morgan fingerprint density at radius 1 is 1.53 bits per heavy atom. The molecule has 0 fully saturated rings. The van der Waals surface area contributed by atoms with Crippen LogP contribution in [0, 0.1) is 0 Å². The fraction of sp³-hybridized carbons (Fsp3) is 0.222. The molecule has 1 heterocycles. The molecule has 0 bridgehead atoms. The summed E-state index contributed by atoms with van der Waals surface area (Å²) in [6, 6.07) is 0.947. The van der Waals surface area contributed by atoms with Crippen LogP contribution in [-0.4, -0.2) is 23.2 Å². The van der Waals surface area contributed by atoms with Gasteiger partial charge >= 0.3 is 12.1 Å². The molecule has 1 rings (SSSR count). The van der Waals surface area contributed by atoms with E-state index < -0.39 is 28.7 Å². The number of carbonyl (C=O) groups is 1. The monoisotopic (exact) mass is 315 g/mol. The minimum Gasteiger partial charge on any atom is -0.464 e. The van der Waals surface area contributed by atoms with Gasteiger partial charge in [-0.2, -0.15) is 18.3 Å². The molecule has 1 aromatic heterocycles. The molecule has 0 saturated heterocycles. The highest BCUT2D eigenvalue weighted by molar-refractivity contribution is 6.82. The van der Waals surface area contributed by atoms with Crippen molar-refractivity contribution in [3.05, 3.63) is 23.0 Å². The highest BCUT2D eigenvalue weighted by Gasteiger charge is 2.35. The first-order valence-corrected chi connectivity index (χ1v) is 5.31. The average Bonchev–Trinajstić information content (AvgIpc) is 2.33. The van der Waals surface area contributed by atoms with E-state index in [1.54, 1.807) is 0 Å². The SMILES string of the molecule is COC(=O)C(Cl)=NNc1cc(Cl)cnc1C(F)(F)F. The third-order valence-electron chi connectivity index (χ3n) is 1.75. The standard InChI is InChI=1S/C9H6Cl2F3N3O2/c1-19-8(18)7(11)17-16-5-2-4(10)3-15-6(5)9(12,13)14/h2-3,16H,1H3. The molecule has 104 valence electrons. The molecule has 0 aliphatic rings. The second-order valence-corrected chi connectivity index (χ2v) is 3.85. The van der Waals surface area contributed by atoms with E-state index in [1.165, 1.54) is 0 Å². The Bertz CT molecular complexity index is 520. The number of hydrazone groups is 1. The van der Waals surface area contributed by atoms with Crippen molar-refractivity contribution in [2.24, 2.45) is 5.10 Å². The predicted molar refractivity (Wildman–Crippen MR) is 63.2 cm³/mol. The Balaban J connectivity index is 3.07. The number of ether oxygens (including phenoxy) is 1. The van der Waals surface area contributed by atoms with Crippen LogP contribution in [0.15, 0.2) is 17.4 Å². The maximum atomic E-state index is 12.6. The normalized spacial score (nSPS) is 12.2. The van der Waals surface area contributed by atoms with Crippen LogP contribution in [0.1, 0.15) is 5.69 Å². The highest BCUT2D eigenvalue weighted by Crippen LogP contribution is 2.34. The Morgan fingerprint density at radius 3 is 2.68 bits per heavy atom. The molecule has 0 saturated carbocycles. The number of nitrogens with one attached hydrogen (secondary N) is 1. The number of nitrogens with zero attached hydrogens (tertiary/aromatic N) is 2. The van der Waals surface area contributed by atoms with Crippen LogP contribution in [0.25, 0.3) is 0 Å². The third-order valence-corrected chi connectivity index (χ3v) is 2.20. The lowest BCUT2D eigenvalue weighted by Crippen LogP contribution is -2.14. The van der Waals surface area contributed by atoms with Crippen LogP contribution in [-0.2, 0) is 15.7 Å². The summed E-state index contributed by atoms with van der Waals surface area (Å²) in [6.45, 7) is 0. The van der Waals surface area contributed by atoms with E-state index in [0.717, 1.165) is 19.4 Å². The Kier molecular flexibility index (Phi) is 4.96. The number of carbonyl (C=O) groups excluding carboxylic acids is 1. The Labute approximate surface area is 115 Å². The summed E-state index contributed by atoms with van der Waals surface area (Å²) < 4.78 is 42.0. The molecular weight excluding hydrogens is 310 g/mol. The average molecular weight is 316 g/mol. The number of halogens is 5. The second-order valence-electron chi connectivity index (χ2n) is 3.05. The zero-order chi connectivity index (χ0) is 14.6. The molecule has 5 nitrogen and oxygen atoms in total. The van der Waals surface area contributed by atoms with E-state index >= 15 is 0 Å². The fourth-order valence-corrected chi connectivity index (χ4v) is 1.27. The first-order valence-electron chi connectivity index (χ1n) is 4.56. The van der Waals surface area contributed by atoms with E-state index in [4.69, 9.17) is 23.2 Å². The summed E-state index contributed by atoms with van der Waals surface area (Å²) in [7, 11) is 1.04. The highest BCUT2D eigenvalue weighted by atomic mass is 35.5. The molecule has 0 radical (unpaired) electrons. The lowest BCUT2D eigenvalue weighted by Gasteiger charge is -2.11. The first-order chi connectivity index (χ1) is 8.75. The summed E-state index contributed by atoms with van der Waals surface area (Å²) in [4.78, 5) is 14.0. The predicted octanol–water partition coefficient (Wildman–Crippen LogP) is 2.89. The van der Waals surface area contributed by atoms with Gasteiger partial charge in [-0.05, 0) is 6.07 Å². The van der Waals surface area contributed by atoms with E-state index in [0.29, 0.717) is 0 Å². The van der Waals surface area contributed by atoms with Gasteiger partial charge < -0.3 is 4.74 Å². The van der Waals surface area contributed by atoms with Gasteiger partial charge in [-0.3, -0.25) is 5.43 Å². The zero-order valence-corrected chi connectivity index (χ0v) is 10.8. The van der Waals surface area contributed by atoms with Crippen molar-refractivity contribution >= 4 is 40.0 Å². The molecule has 0 aliphatic carbocycles. The van der Waals surface area contributed by atoms with Crippen molar-refractivity contribution in [2.45, 2.75) is 6.18 Å². The lowest BCUT2D eigenvalue weighted by atomic mass is 10.3. The largest absolute Gasteiger partial charge is 0.464 e. The van der Waals surface area contributed by atoms with Crippen molar-refractivity contribution in [1.29, 1.82) is 0 Å². The maximum absolute atomic E-state index is 12.6. The van der Waals surface area contributed by atoms with Crippen LogP contribution in [0.2, 0.25) is 5.02 Å². The second kappa shape index (κ2) is 6.07. The smallest absolute Gasteiger partial charge is 0.435 e. The molecule has 0 atom stereocenters. The topological polar surface area (TPSA) is 63.6 Å². The number of aromatic nitrogens is 1. The number of rotatable bonds is 3. The molecule has 0 spiro atoms. The molecule has 19 heavy (non-hydrogen) atoms. The van der Waals surface area contributed by atoms with Crippen LogP contribution < -0.4 is 5.43 Å². The number of esters is 1. The maximum Gasteiger partial charge on any atom is 0.435 e. The molecule has 0 amide bonds. The lowest BCUT2D eigenvalue weighted by molar-refractivity contribution is -0.140. The first kappa shape index (κ1) is 15.5. The van der Waals surface area contributed by atoms with Gasteiger partial charge in [-0.1, -0.05) is 23.2 Å². The van der Waals surface area contributed by atoms with Gasteiger partial charge in [0.05, 0.1) is 17.8 Å². The van der Waals surface area contributed by atoms with Gasteiger partial charge in [0.15, 0.2) is 5.69 Å². The van der Waals surface area contributed by atoms with Crippen LogP contribution in [0.4, 0.5) is 18.9 Å². The fourth-order valence-electron chi connectivity index (χ4n) is 0.990. The van der Waals surface area contributed by atoms with Gasteiger partial charge in [0.2, 0.25) is 5.17 Å². The van der Waals surface area contributed by atoms with Gasteiger partial charge in [-0.15, -0.1) is 0 Å². The molecular formula is C9H6Cl2F3N3O2. The molecule has 0 aromatic carbocycles. The number of anilines is 1. The van der Waals surface area contributed by atoms with E-state index in [2.05, 4.69) is 14.8 Å². The van der Waals surface area contributed by atoms with E-state index in [-0.39, 0.29) is 5.02 Å². The zero-order valence-electron chi connectivity index (χ0n) is 9.26. The van der Waals surface area contributed by atoms with E-state index in [9.17, 15) is 18.0 Å². The van der Waals surface area contributed by atoms with Gasteiger partial charge in [-0.25, -0.2) is 9.78 Å². The van der Waals surface area contributed by atoms with Crippen LogP contribution in [0.3, 0.4) is 0 Å². The third kappa shape index (κ3) is 4.25. The number of pyridine rings is 1. The molecule has 1 N–H and O–H groups in total. The minimum atomic E-state index is -4.71. The number of methoxy groups -OCH3 is 1. The summed E-state index contributed by atoms with van der Waals surface area (Å²) in [5, 5.41) is 2.53. The Morgan fingerprint density at radius 2 is 2.16 bits per heavy atom. The molecule has 0 unspecified atom stereocenters. The number of hydrogen-bond acceptors (Lipinski definition) is 5. The van der Waals surface area contributed by atoms with Crippen molar-refractivity contribution in [3.63, 3.8) is 0 Å². The van der Waals surface area contributed by atoms with Crippen molar-refractivity contribution < 1.29 is 22.7 Å². The van der Waals surface area contributed by atoms with Crippen molar-refractivity contribution in [3.8, 4) is 0 Å². The van der Waals surface area contributed by atoms with E-state index in [1.807, 2.05) is 5.43 Å². The van der Waals surface area contributed by atoms with Gasteiger partial charge in [0.1, 0.15) is 0 Å². The minimum absolute atomic E-state index is 0.0418. The number of alkyl halides is 3. The summed E-state index contributed by atoms with van der Waals surface area (Å²) in [6.07, 6.45) is -3.87. The van der Waals surface area contributed by atoms with Crippen LogP contribution >= 0.6 is 23.2 Å². The van der Waals surface area contributed by atoms with Crippen molar-refractivity contribution in [2.75, 3.05) is 12.5 Å². The van der Waals surface area contributed by atoms with Gasteiger partial charge in [0, 0.05) is 6.20 Å². The summed E-state index contributed by atoms with van der Waals surface area (Å²) in [5.41, 5.74) is 0.183. The molecule has 10 heteroatoms. The molecule has 1 aromatic rings. The summed E-state index contributed by atoms with van der Waals surface area (Å²) in [5.74, 6) is -1.00. The van der Waals surface area contributed by atoms with Crippen molar-refractivity contribution in [1.82, 2.24) is 4.98 Å². The quantitative estimate of drug-likeness (QED) is 0.529. The molecule has 0 aliphatic heterocycles. The van der Waals surface area contributed by atoms with Gasteiger partial charge in [0.25, 0.3) is 0 Å².